The highest BCUT2D eigenvalue weighted by atomic mass is 35.5. The summed E-state index contributed by atoms with van der Waals surface area (Å²) >= 11 is 5.91. The monoisotopic (exact) mass is 399 g/mol. The molecule has 0 fully saturated rings. The van der Waals surface area contributed by atoms with Crippen molar-refractivity contribution < 1.29 is 9.21 Å². The number of carbonyl (C=O) groups is 1. The number of halogens is 1. The van der Waals surface area contributed by atoms with Crippen LogP contribution >= 0.6 is 11.6 Å². The minimum absolute atomic E-state index is 0.0668. The van der Waals surface area contributed by atoms with Crippen LogP contribution in [0.1, 0.15) is 5.76 Å². The van der Waals surface area contributed by atoms with Crippen LogP contribution in [0.2, 0.25) is 5.02 Å². The number of pyridine rings is 1. The number of rotatable bonds is 4. The Kier molecular flexibility index (Phi) is 5.10. The molecule has 0 saturated heterocycles. The topological polar surface area (TPSA) is 78.9 Å². The molecular formula is C23H14ClN3O2. The van der Waals surface area contributed by atoms with Gasteiger partial charge in [0.25, 0.3) is 5.91 Å². The van der Waals surface area contributed by atoms with E-state index in [1.165, 1.54) is 6.08 Å². The van der Waals surface area contributed by atoms with Crippen molar-refractivity contribution in [2.45, 2.75) is 0 Å². The first kappa shape index (κ1) is 18.5. The molecule has 1 N–H and O–H groups in total. The maximum atomic E-state index is 12.6. The van der Waals surface area contributed by atoms with Crippen LogP contribution in [0.15, 0.2) is 82.9 Å². The van der Waals surface area contributed by atoms with Crippen LogP contribution in [-0.4, -0.2) is 10.9 Å². The Bertz CT molecular complexity index is 1260. The Morgan fingerprint density at radius 3 is 2.69 bits per heavy atom. The van der Waals surface area contributed by atoms with Gasteiger partial charge in [-0.25, -0.2) is 0 Å². The molecule has 140 valence electrons. The maximum absolute atomic E-state index is 12.6. The first-order valence-electron chi connectivity index (χ1n) is 8.77. The lowest BCUT2D eigenvalue weighted by Crippen LogP contribution is -2.13. The van der Waals surface area contributed by atoms with E-state index < -0.39 is 5.91 Å². The van der Waals surface area contributed by atoms with Gasteiger partial charge in [-0.3, -0.25) is 9.78 Å². The average molecular weight is 400 g/mol. The summed E-state index contributed by atoms with van der Waals surface area (Å²) < 4.78 is 5.75. The number of hydrogen-bond donors (Lipinski definition) is 1. The standard InChI is InChI=1S/C23H14ClN3O2/c24-17-8-6-15(7-9-17)22-11-10-18(29-22)13-16(14-25)23(28)27-21-5-1-4-20-19(21)3-2-12-26-20/h1-13H,(H,27,28)/b16-13+. The van der Waals surface area contributed by atoms with E-state index in [4.69, 9.17) is 16.0 Å². The molecule has 0 aliphatic rings. The molecule has 4 rings (SSSR count). The lowest BCUT2D eigenvalue weighted by molar-refractivity contribution is -0.112. The third-order valence-electron chi connectivity index (χ3n) is 4.30. The molecule has 0 aliphatic carbocycles. The van der Waals surface area contributed by atoms with Gasteiger partial charge in [0.15, 0.2) is 0 Å². The predicted octanol–water partition coefficient (Wildman–Crippen LogP) is 5.69. The number of amides is 1. The zero-order valence-electron chi connectivity index (χ0n) is 15.1. The van der Waals surface area contributed by atoms with Crippen molar-refractivity contribution in [2.75, 3.05) is 5.32 Å². The first-order valence-corrected chi connectivity index (χ1v) is 9.14. The number of carbonyl (C=O) groups excluding carboxylic acids is 1. The molecule has 0 radical (unpaired) electrons. The number of fused-ring (bicyclic) bond motifs is 1. The van der Waals surface area contributed by atoms with E-state index in [1.807, 2.05) is 30.3 Å². The Labute approximate surface area is 171 Å². The number of nitriles is 1. The largest absolute Gasteiger partial charge is 0.457 e. The molecule has 5 nitrogen and oxygen atoms in total. The second-order valence-electron chi connectivity index (χ2n) is 6.21. The maximum Gasteiger partial charge on any atom is 0.266 e. The molecule has 0 bridgehead atoms. The number of furan rings is 1. The van der Waals surface area contributed by atoms with Crippen LogP contribution in [-0.2, 0) is 4.79 Å². The number of nitrogens with one attached hydrogen (secondary N) is 1. The third-order valence-corrected chi connectivity index (χ3v) is 4.55. The molecule has 2 heterocycles. The molecule has 4 aromatic rings. The predicted molar refractivity (Wildman–Crippen MR) is 113 cm³/mol. The van der Waals surface area contributed by atoms with Gasteiger partial charge in [0.1, 0.15) is 23.2 Å². The van der Waals surface area contributed by atoms with E-state index in [1.54, 1.807) is 48.7 Å². The van der Waals surface area contributed by atoms with Crippen LogP contribution in [0.4, 0.5) is 5.69 Å². The van der Waals surface area contributed by atoms with Crippen LogP contribution < -0.4 is 5.32 Å². The van der Waals surface area contributed by atoms with Crippen molar-refractivity contribution in [3.05, 3.63) is 89.3 Å². The molecule has 0 atom stereocenters. The summed E-state index contributed by atoms with van der Waals surface area (Å²) in [6.45, 7) is 0. The van der Waals surface area contributed by atoms with E-state index in [-0.39, 0.29) is 5.57 Å². The summed E-state index contributed by atoms with van der Waals surface area (Å²) in [6, 6.07) is 21.7. The fraction of sp³-hybridized carbons (Fsp3) is 0. The molecule has 0 unspecified atom stereocenters. The van der Waals surface area contributed by atoms with E-state index >= 15 is 0 Å². The third kappa shape index (κ3) is 4.03. The number of benzene rings is 2. The number of hydrogen-bond acceptors (Lipinski definition) is 4. The van der Waals surface area contributed by atoms with Gasteiger partial charge < -0.3 is 9.73 Å². The van der Waals surface area contributed by atoms with E-state index in [9.17, 15) is 10.1 Å². The summed E-state index contributed by atoms with van der Waals surface area (Å²) in [7, 11) is 0. The van der Waals surface area contributed by atoms with Gasteiger partial charge in [-0.05, 0) is 60.7 Å². The van der Waals surface area contributed by atoms with Gasteiger partial charge >= 0.3 is 0 Å². The van der Waals surface area contributed by atoms with Gasteiger partial charge in [0, 0.05) is 28.2 Å². The van der Waals surface area contributed by atoms with Gasteiger partial charge in [-0.1, -0.05) is 17.7 Å². The van der Waals surface area contributed by atoms with Crippen molar-refractivity contribution in [3.63, 3.8) is 0 Å². The number of aromatic nitrogens is 1. The van der Waals surface area contributed by atoms with Gasteiger partial charge in [0.05, 0.1) is 11.2 Å². The van der Waals surface area contributed by atoms with Crippen molar-refractivity contribution in [1.29, 1.82) is 5.26 Å². The average Bonchev–Trinajstić information content (AvgIpc) is 3.21. The summed E-state index contributed by atoms with van der Waals surface area (Å²) in [5.41, 5.74) is 2.12. The smallest absolute Gasteiger partial charge is 0.266 e. The second-order valence-corrected chi connectivity index (χ2v) is 6.64. The molecule has 1 amide bonds. The Morgan fingerprint density at radius 2 is 1.90 bits per heavy atom. The molecule has 6 heteroatoms. The number of anilines is 1. The second kappa shape index (κ2) is 8.01. The zero-order chi connectivity index (χ0) is 20.2. The fourth-order valence-corrected chi connectivity index (χ4v) is 3.02. The molecule has 2 aromatic heterocycles. The van der Waals surface area contributed by atoms with Gasteiger partial charge in [-0.15, -0.1) is 0 Å². The quantitative estimate of drug-likeness (QED) is 0.353. The normalized spacial score (nSPS) is 11.2. The first-order chi connectivity index (χ1) is 14.1. The van der Waals surface area contributed by atoms with E-state index in [2.05, 4.69) is 10.3 Å². The molecule has 0 spiro atoms. The van der Waals surface area contributed by atoms with E-state index in [0.717, 1.165) is 16.5 Å². The number of nitrogens with zero attached hydrogens (tertiary/aromatic N) is 2. The highest BCUT2D eigenvalue weighted by Crippen LogP contribution is 2.25. The molecule has 0 saturated carbocycles. The summed E-state index contributed by atoms with van der Waals surface area (Å²) in [5, 5.41) is 13.7. The molecular weight excluding hydrogens is 386 g/mol. The van der Waals surface area contributed by atoms with Crippen molar-refractivity contribution in [3.8, 4) is 17.4 Å². The highest BCUT2D eigenvalue weighted by molar-refractivity contribution is 6.30. The lowest BCUT2D eigenvalue weighted by atomic mass is 10.1. The highest BCUT2D eigenvalue weighted by Gasteiger charge is 2.13. The van der Waals surface area contributed by atoms with Crippen LogP contribution in [0.3, 0.4) is 0 Å². The van der Waals surface area contributed by atoms with Crippen molar-refractivity contribution in [1.82, 2.24) is 4.98 Å². The Morgan fingerprint density at radius 1 is 1.07 bits per heavy atom. The lowest BCUT2D eigenvalue weighted by Gasteiger charge is -2.07. The van der Waals surface area contributed by atoms with Crippen molar-refractivity contribution in [2.24, 2.45) is 0 Å². The fourth-order valence-electron chi connectivity index (χ4n) is 2.89. The Balaban J connectivity index is 1.58. The van der Waals surface area contributed by atoms with E-state index in [0.29, 0.717) is 22.2 Å². The minimum Gasteiger partial charge on any atom is -0.457 e. The van der Waals surface area contributed by atoms with Gasteiger partial charge in [-0.2, -0.15) is 5.26 Å². The summed E-state index contributed by atoms with van der Waals surface area (Å²) in [6.07, 6.45) is 3.10. The molecule has 0 aliphatic heterocycles. The van der Waals surface area contributed by atoms with Gasteiger partial charge in [0.2, 0.25) is 0 Å². The molecule has 29 heavy (non-hydrogen) atoms. The SMILES string of the molecule is N#C/C(=C\c1ccc(-c2ccc(Cl)cc2)o1)C(=O)Nc1cccc2ncccc12. The van der Waals surface area contributed by atoms with Crippen LogP contribution in [0.5, 0.6) is 0 Å². The summed E-state index contributed by atoms with van der Waals surface area (Å²) in [4.78, 5) is 16.9. The summed E-state index contributed by atoms with van der Waals surface area (Å²) in [5.74, 6) is 0.500. The zero-order valence-corrected chi connectivity index (χ0v) is 15.9. The van der Waals surface area contributed by atoms with Crippen LogP contribution in [0.25, 0.3) is 28.3 Å². The minimum atomic E-state index is -0.520. The van der Waals surface area contributed by atoms with Crippen LogP contribution in [0, 0.1) is 11.3 Å². The molecule has 2 aromatic carbocycles. The van der Waals surface area contributed by atoms with Crippen molar-refractivity contribution >= 4 is 40.2 Å². The Hall–Kier alpha value is -3.88.